The van der Waals surface area contributed by atoms with Gasteiger partial charge in [0.2, 0.25) is 5.95 Å². The van der Waals surface area contributed by atoms with E-state index in [0.29, 0.717) is 18.6 Å². The van der Waals surface area contributed by atoms with E-state index < -0.39 is 34.7 Å². The number of phenolic OH excluding ortho intramolecular Hbond substituents is 1. The topological polar surface area (TPSA) is 81.2 Å². The Morgan fingerprint density at radius 1 is 1.15 bits per heavy atom. The zero-order chi connectivity index (χ0) is 27.9. The maximum Gasteiger partial charge on any atom is 0.419 e. The molecule has 5 rings (SSSR count). The van der Waals surface area contributed by atoms with E-state index in [1.807, 2.05) is 25.1 Å². The first kappa shape index (κ1) is 27.0. The first-order chi connectivity index (χ1) is 18.6. The molecule has 2 aromatic heterocycles. The fourth-order valence-corrected chi connectivity index (χ4v) is 5.79. The number of aromatic hydroxyl groups is 1. The van der Waals surface area contributed by atoms with E-state index in [4.69, 9.17) is 0 Å². The van der Waals surface area contributed by atoms with E-state index in [0.717, 1.165) is 25.1 Å². The lowest BCUT2D eigenvalue weighted by molar-refractivity contribution is -0.140. The molecule has 7 nitrogen and oxygen atoms in total. The number of halogens is 5. The third kappa shape index (κ3) is 5.20. The van der Waals surface area contributed by atoms with E-state index >= 15 is 0 Å². The van der Waals surface area contributed by atoms with Crippen LogP contribution in [0.2, 0.25) is 0 Å². The molecule has 4 aromatic rings. The summed E-state index contributed by atoms with van der Waals surface area (Å²) in [7, 11) is -0.00725. The Morgan fingerprint density at radius 3 is 2.59 bits per heavy atom. The Morgan fingerprint density at radius 2 is 1.90 bits per heavy atom. The van der Waals surface area contributed by atoms with Crippen molar-refractivity contribution in [1.29, 1.82) is 0 Å². The summed E-state index contributed by atoms with van der Waals surface area (Å²) < 4.78 is 71.0. The van der Waals surface area contributed by atoms with Crippen molar-refractivity contribution in [3.05, 3.63) is 65.4 Å². The molecular formula is C26H25F5N6OS. The number of rotatable bonds is 5. The fraction of sp³-hybridized carbons (Fsp3) is 0.308. The second-order valence-corrected chi connectivity index (χ2v) is 11.2. The summed E-state index contributed by atoms with van der Waals surface area (Å²) in [6.07, 6.45) is -0.891. The largest absolute Gasteiger partial charge is 0.503 e. The SMILES string of the molecule is C/C=S(\C)N1CCN(c2ncc3c(-c4cc(C(F)(F)F)c(F)c(O)c4F)[nH]nc3n2)[C@H](Cc2ccccc2)C1. The van der Waals surface area contributed by atoms with Crippen molar-refractivity contribution in [1.82, 2.24) is 24.5 Å². The molecule has 1 saturated heterocycles. The van der Waals surface area contributed by atoms with E-state index in [-0.39, 0.29) is 33.4 Å². The minimum Gasteiger partial charge on any atom is -0.503 e. The van der Waals surface area contributed by atoms with Gasteiger partial charge in [-0.1, -0.05) is 35.7 Å². The molecular weight excluding hydrogens is 539 g/mol. The summed E-state index contributed by atoms with van der Waals surface area (Å²) in [5, 5.41) is 18.6. The van der Waals surface area contributed by atoms with Crippen LogP contribution in [0.1, 0.15) is 18.1 Å². The number of alkyl halides is 3. The number of aromatic amines is 1. The van der Waals surface area contributed by atoms with Gasteiger partial charge in [0.25, 0.3) is 0 Å². The minimum absolute atomic E-state index is 0.00725. The number of hydrogen-bond acceptors (Lipinski definition) is 6. The average Bonchev–Trinajstić information content (AvgIpc) is 3.34. The number of phenols is 1. The molecule has 2 aromatic carbocycles. The van der Waals surface area contributed by atoms with Crippen LogP contribution in [-0.2, 0) is 12.6 Å². The molecule has 206 valence electrons. The first-order valence-electron chi connectivity index (χ1n) is 12.1. The Labute approximate surface area is 223 Å². The van der Waals surface area contributed by atoms with Crippen LogP contribution in [0.4, 0.5) is 27.9 Å². The van der Waals surface area contributed by atoms with E-state index in [1.54, 1.807) is 0 Å². The number of piperazine rings is 1. The van der Waals surface area contributed by atoms with E-state index in [9.17, 15) is 27.1 Å². The predicted molar refractivity (Wildman–Crippen MR) is 142 cm³/mol. The quantitative estimate of drug-likeness (QED) is 0.250. The summed E-state index contributed by atoms with van der Waals surface area (Å²) in [5.41, 5.74) is -1.43. The number of hydrogen-bond donors (Lipinski definition) is 2. The van der Waals surface area contributed by atoms with Crippen LogP contribution in [0.25, 0.3) is 22.3 Å². The van der Waals surface area contributed by atoms with Gasteiger partial charge in [0, 0.05) is 37.4 Å². The monoisotopic (exact) mass is 564 g/mol. The second kappa shape index (κ2) is 10.5. The molecule has 2 atom stereocenters. The van der Waals surface area contributed by atoms with Crippen LogP contribution in [0.3, 0.4) is 0 Å². The number of nitrogens with zero attached hydrogens (tertiary/aromatic N) is 5. The Hall–Kier alpha value is -3.58. The number of aromatic nitrogens is 4. The van der Waals surface area contributed by atoms with E-state index in [1.165, 1.54) is 6.20 Å². The number of H-pyrrole nitrogens is 1. The normalized spacial score (nSPS) is 17.7. The summed E-state index contributed by atoms with van der Waals surface area (Å²) in [4.78, 5) is 11.1. The van der Waals surface area contributed by atoms with Gasteiger partial charge < -0.3 is 10.0 Å². The van der Waals surface area contributed by atoms with Crippen LogP contribution >= 0.6 is 10.7 Å². The third-order valence-electron chi connectivity index (χ3n) is 6.82. The zero-order valence-corrected chi connectivity index (χ0v) is 21.8. The lowest BCUT2D eigenvalue weighted by Gasteiger charge is -2.42. The van der Waals surface area contributed by atoms with Gasteiger partial charge in [0.05, 0.1) is 16.6 Å². The van der Waals surface area contributed by atoms with Gasteiger partial charge >= 0.3 is 6.18 Å². The maximum absolute atomic E-state index is 14.7. The van der Waals surface area contributed by atoms with Crippen LogP contribution in [0.5, 0.6) is 5.75 Å². The highest BCUT2D eigenvalue weighted by atomic mass is 32.2. The van der Waals surface area contributed by atoms with Crippen molar-refractivity contribution in [2.24, 2.45) is 0 Å². The standard InChI is InChI=1S/C26H25F5N6OS/c1-3-39(2)36-9-10-37(16(14-36)11-15-7-5-4-6-8-15)25-32-13-18-22(34-35-24(18)33-25)17-12-19(26(29,30)31)21(28)23(38)20(17)27/h3-8,12-13,16,38H,9-11,14H2,1-2H3,(H,32,33,34,35)/t16-,39?/m1/s1. The predicted octanol–water partition coefficient (Wildman–Crippen LogP) is 5.39. The second-order valence-electron chi connectivity index (χ2n) is 9.14. The van der Waals surface area contributed by atoms with Crippen molar-refractivity contribution in [3.8, 4) is 17.0 Å². The number of fused-ring (bicyclic) bond motifs is 1. The molecule has 1 unspecified atom stereocenters. The van der Waals surface area contributed by atoms with Gasteiger partial charge in [-0.05, 0) is 31.2 Å². The van der Waals surface area contributed by atoms with Gasteiger partial charge in [-0.15, -0.1) is 10.7 Å². The van der Waals surface area contributed by atoms with Crippen LogP contribution in [0.15, 0.2) is 42.6 Å². The van der Waals surface area contributed by atoms with Crippen LogP contribution in [0, 0.1) is 11.6 Å². The molecule has 1 aliphatic heterocycles. The van der Waals surface area contributed by atoms with Crippen LogP contribution in [-0.4, -0.2) is 66.9 Å². The highest BCUT2D eigenvalue weighted by Gasteiger charge is 2.38. The van der Waals surface area contributed by atoms with Gasteiger partial charge in [-0.2, -0.15) is 23.3 Å². The van der Waals surface area contributed by atoms with Crippen molar-refractivity contribution in [3.63, 3.8) is 0 Å². The van der Waals surface area contributed by atoms with Crippen LogP contribution < -0.4 is 4.90 Å². The summed E-state index contributed by atoms with van der Waals surface area (Å²) in [6, 6.07) is 10.4. The Kier molecular flexibility index (Phi) is 7.29. The molecule has 0 bridgehead atoms. The smallest absolute Gasteiger partial charge is 0.419 e. The van der Waals surface area contributed by atoms with E-state index in [2.05, 4.69) is 53.1 Å². The van der Waals surface area contributed by atoms with Crippen molar-refractivity contribution in [2.75, 3.05) is 30.8 Å². The summed E-state index contributed by atoms with van der Waals surface area (Å²) in [5.74, 6) is -4.96. The van der Waals surface area contributed by atoms with Crippen molar-refractivity contribution in [2.45, 2.75) is 25.6 Å². The lowest BCUT2D eigenvalue weighted by atomic mass is 10.0. The minimum atomic E-state index is -5.15. The first-order valence-corrected chi connectivity index (χ1v) is 13.7. The summed E-state index contributed by atoms with van der Waals surface area (Å²) >= 11 is 0. The van der Waals surface area contributed by atoms with Gasteiger partial charge in [-0.25, -0.2) is 13.8 Å². The molecule has 0 radical (unpaired) electrons. The molecule has 0 saturated carbocycles. The molecule has 3 heterocycles. The number of benzene rings is 2. The maximum atomic E-state index is 14.7. The number of nitrogens with one attached hydrogen (secondary N) is 1. The van der Waals surface area contributed by atoms with Crippen molar-refractivity contribution >= 4 is 33.0 Å². The highest BCUT2D eigenvalue weighted by molar-refractivity contribution is 8.12. The Bertz CT molecular complexity index is 1540. The average molecular weight is 565 g/mol. The molecule has 0 amide bonds. The molecule has 1 aliphatic rings. The molecule has 2 N–H and O–H groups in total. The molecule has 1 fully saturated rings. The zero-order valence-electron chi connectivity index (χ0n) is 21.0. The molecule has 0 spiro atoms. The lowest BCUT2D eigenvalue weighted by Crippen LogP contribution is -2.53. The highest BCUT2D eigenvalue weighted by Crippen LogP contribution is 2.41. The van der Waals surface area contributed by atoms with Gasteiger partial charge in [0.1, 0.15) is 0 Å². The fourth-order valence-electron chi connectivity index (χ4n) is 4.71. The molecule has 39 heavy (non-hydrogen) atoms. The summed E-state index contributed by atoms with van der Waals surface area (Å²) in [6.45, 7) is 4.23. The van der Waals surface area contributed by atoms with Gasteiger partial charge in [-0.3, -0.25) is 9.40 Å². The molecule has 0 aliphatic carbocycles. The number of anilines is 1. The third-order valence-corrected chi connectivity index (χ3v) is 8.64. The molecule has 13 heteroatoms. The Balaban J connectivity index is 1.52. The van der Waals surface area contributed by atoms with Gasteiger partial charge in [0.15, 0.2) is 23.0 Å². The van der Waals surface area contributed by atoms with Crippen molar-refractivity contribution < 1.29 is 27.1 Å².